The van der Waals surface area contributed by atoms with Crippen molar-refractivity contribution in [3.05, 3.63) is 71.9 Å². The molecule has 3 aromatic rings. The zero-order chi connectivity index (χ0) is 21.1. The summed E-state index contributed by atoms with van der Waals surface area (Å²) in [5.41, 5.74) is 5.12. The van der Waals surface area contributed by atoms with Crippen LogP contribution in [0.4, 0.5) is 0 Å². The molecule has 2 aromatic carbocycles. The number of carboxylic acid groups (broad SMARTS) is 1. The highest BCUT2D eigenvalue weighted by Gasteiger charge is 2.29. The molecule has 0 spiro atoms. The number of hydrogen-bond donors (Lipinski definition) is 3. The van der Waals surface area contributed by atoms with Crippen LogP contribution in [-0.4, -0.2) is 38.5 Å². The van der Waals surface area contributed by atoms with Crippen molar-refractivity contribution in [2.45, 2.75) is 43.8 Å². The fourth-order valence-electron chi connectivity index (χ4n) is 3.85. The van der Waals surface area contributed by atoms with Crippen LogP contribution >= 0.6 is 0 Å². The van der Waals surface area contributed by atoms with Crippen molar-refractivity contribution in [3.63, 3.8) is 0 Å². The predicted molar refractivity (Wildman–Crippen MR) is 117 cm³/mol. The molecule has 2 unspecified atom stereocenters. The van der Waals surface area contributed by atoms with Crippen LogP contribution in [0, 0.1) is 0 Å². The summed E-state index contributed by atoms with van der Waals surface area (Å²) < 4.78 is 0. The van der Waals surface area contributed by atoms with E-state index in [1.807, 2.05) is 42.5 Å². The van der Waals surface area contributed by atoms with Crippen LogP contribution in [0.15, 0.2) is 60.7 Å². The Hall–Kier alpha value is -3.02. The monoisotopic (exact) mass is 403 g/mol. The Morgan fingerprint density at radius 1 is 1.07 bits per heavy atom. The first-order valence-corrected chi connectivity index (χ1v) is 10.3. The Morgan fingerprint density at radius 2 is 1.77 bits per heavy atom. The van der Waals surface area contributed by atoms with Gasteiger partial charge in [-0.1, -0.05) is 60.7 Å². The first-order chi connectivity index (χ1) is 14.5. The molecule has 5 heteroatoms. The number of para-hydroxylation sites is 1. The number of carboxylic acids is 1. The molecule has 154 valence electrons. The van der Waals surface area contributed by atoms with Crippen LogP contribution < -0.4 is 0 Å². The van der Waals surface area contributed by atoms with E-state index in [4.69, 9.17) is 10.1 Å². The largest absolute Gasteiger partial charge is 0.481 e. The minimum absolute atomic E-state index is 0.0246. The number of benzene rings is 2. The van der Waals surface area contributed by atoms with Crippen LogP contribution in [0.25, 0.3) is 28.1 Å². The Morgan fingerprint density at radius 3 is 2.47 bits per heavy atom. The second-order valence-electron chi connectivity index (χ2n) is 7.86. The lowest BCUT2D eigenvalue weighted by Gasteiger charge is -2.16. The molecule has 30 heavy (non-hydrogen) atoms. The van der Waals surface area contributed by atoms with Crippen molar-refractivity contribution in [1.29, 1.82) is 0 Å². The molecule has 3 N–H and O–H groups in total. The molecule has 0 radical (unpaired) electrons. The molecule has 0 aliphatic heterocycles. The molecule has 1 aliphatic rings. The number of pyridine rings is 1. The molecule has 0 saturated heterocycles. The van der Waals surface area contributed by atoms with Crippen LogP contribution in [-0.2, 0) is 4.79 Å². The van der Waals surface area contributed by atoms with Gasteiger partial charge in [-0.05, 0) is 24.5 Å². The fraction of sp³-hybridized carbons (Fsp3) is 0.280. The third kappa shape index (κ3) is 4.58. The van der Waals surface area contributed by atoms with Gasteiger partial charge in [0.1, 0.15) is 0 Å². The third-order valence-electron chi connectivity index (χ3n) is 5.39. The number of rotatable bonds is 8. The number of aliphatic carboxylic acids is 1. The first kappa shape index (κ1) is 20.3. The molecule has 1 saturated carbocycles. The quantitative estimate of drug-likeness (QED) is 0.519. The molecule has 2 atom stereocenters. The summed E-state index contributed by atoms with van der Waals surface area (Å²) in [5, 5.41) is 30.0. The normalized spacial score (nSPS) is 16.1. The minimum Gasteiger partial charge on any atom is -0.481 e. The number of hydrogen-bond acceptors (Lipinski definition) is 4. The van der Waals surface area contributed by atoms with Gasteiger partial charge in [-0.25, -0.2) is 0 Å². The molecule has 1 heterocycles. The topological polar surface area (TPSA) is 90.7 Å². The number of carbonyl (C=O) groups is 1. The van der Waals surface area contributed by atoms with Gasteiger partial charge in [0.2, 0.25) is 0 Å². The Labute approximate surface area is 175 Å². The van der Waals surface area contributed by atoms with Crippen molar-refractivity contribution in [2.24, 2.45) is 0 Å². The predicted octanol–water partition coefficient (Wildman–Crippen LogP) is 4.38. The number of aromatic nitrogens is 1. The second kappa shape index (κ2) is 8.78. The van der Waals surface area contributed by atoms with Gasteiger partial charge in [-0.3, -0.25) is 9.78 Å². The maximum atomic E-state index is 10.8. The number of fused-ring (bicyclic) bond motifs is 1. The average molecular weight is 403 g/mol. The van der Waals surface area contributed by atoms with Gasteiger partial charge in [-0.15, -0.1) is 0 Å². The smallest absolute Gasteiger partial charge is 0.305 e. The lowest BCUT2D eigenvalue weighted by Crippen LogP contribution is -2.19. The highest BCUT2D eigenvalue weighted by atomic mass is 16.4. The van der Waals surface area contributed by atoms with Gasteiger partial charge >= 0.3 is 5.97 Å². The minimum atomic E-state index is -1.09. The highest BCUT2D eigenvalue weighted by Crippen LogP contribution is 2.45. The Kier molecular flexibility index (Phi) is 5.93. The SMILES string of the molecule is O=C(O)CC(O)CC(O)/C=C/c1c(C2CC2)nc2ccccc2c1-c1ccccc1. The molecular formula is C25H25NO4. The lowest BCUT2D eigenvalue weighted by atomic mass is 9.92. The summed E-state index contributed by atoms with van der Waals surface area (Å²) in [6.07, 6.45) is 3.27. The Bertz CT molecular complexity index is 1070. The molecule has 4 rings (SSSR count). The molecule has 5 nitrogen and oxygen atoms in total. The van der Waals surface area contributed by atoms with Crippen molar-refractivity contribution < 1.29 is 20.1 Å². The average Bonchev–Trinajstić information content (AvgIpc) is 3.56. The summed E-state index contributed by atoms with van der Waals surface area (Å²) in [7, 11) is 0. The molecular weight excluding hydrogens is 378 g/mol. The Balaban J connectivity index is 1.78. The highest BCUT2D eigenvalue weighted by molar-refractivity contribution is 5.99. The first-order valence-electron chi connectivity index (χ1n) is 10.3. The summed E-state index contributed by atoms with van der Waals surface area (Å²) >= 11 is 0. The molecule has 1 aliphatic carbocycles. The van der Waals surface area contributed by atoms with Crippen LogP contribution in [0.1, 0.15) is 42.9 Å². The summed E-state index contributed by atoms with van der Waals surface area (Å²) in [6.45, 7) is 0. The number of aliphatic hydroxyl groups excluding tert-OH is 2. The van der Waals surface area contributed by atoms with E-state index in [-0.39, 0.29) is 12.8 Å². The third-order valence-corrected chi connectivity index (χ3v) is 5.39. The zero-order valence-corrected chi connectivity index (χ0v) is 16.6. The summed E-state index contributed by atoms with van der Waals surface area (Å²) in [6, 6.07) is 18.2. The van der Waals surface area contributed by atoms with Gasteiger partial charge in [0.25, 0.3) is 0 Å². The molecule has 1 fully saturated rings. The van der Waals surface area contributed by atoms with E-state index in [1.54, 1.807) is 6.08 Å². The van der Waals surface area contributed by atoms with Gasteiger partial charge in [0.15, 0.2) is 0 Å². The van der Waals surface area contributed by atoms with Gasteiger partial charge in [-0.2, -0.15) is 0 Å². The van der Waals surface area contributed by atoms with Gasteiger partial charge in [0, 0.05) is 28.9 Å². The van der Waals surface area contributed by atoms with E-state index >= 15 is 0 Å². The van der Waals surface area contributed by atoms with Crippen LogP contribution in [0.3, 0.4) is 0 Å². The van der Waals surface area contributed by atoms with Gasteiger partial charge < -0.3 is 15.3 Å². The standard InChI is InChI=1S/C25H25NO4/c27-18(14-19(28)15-23(29)30)12-13-21-24(16-6-2-1-3-7-16)20-8-4-5-9-22(20)26-25(21)17-10-11-17/h1-9,12-13,17-19,27-28H,10-11,14-15H2,(H,29,30)/b13-12+. The molecule has 0 amide bonds. The van der Waals surface area contributed by atoms with E-state index in [0.717, 1.165) is 46.1 Å². The molecule has 1 aromatic heterocycles. The maximum Gasteiger partial charge on any atom is 0.305 e. The summed E-state index contributed by atoms with van der Waals surface area (Å²) in [5.74, 6) is -0.675. The van der Waals surface area contributed by atoms with Crippen molar-refractivity contribution in [2.75, 3.05) is 0 Å². The number of nitrogens with zero attached hydrogens (tertiary/aromatic N) is 1. The van der Waals surface area contributed by atoms with E-state index in [1.165, 1.54) is 0 Å². The lowest BCUT2D eigenvalue weighted by molar-refractivity contribution is -0.139. The van der Waals surface area contributed by atoms with Crippen LogP contribution in [0.2, 0.25) is 0 Å². The van der Waals surface area contributed by atoms with Crippen molar-refractivity contribution in [1.82, 2.24) is 4.98 Å². The zero-order valence-electron chi connectivity index (χ0n) is 16.6. The van der Waals surface area contributed by atoms with E-state index in [2.05, 4.69) is 18.2 Å². The summed E-state index contributed by atoms with van der Waals surface area (Å²) in [4.78, 5) is 15.7. The van der Waals surface area contributed by atoms with E-state index in [0.29, 0.717) is 5.92 Å². The number of aliphatic hydroxyl groups is 2. The van der Waals surface area contributed by atoms with E-state index in [9.17, 15) is 15.0 Å². The second-order valence-corrected chi connectivity index (χ2v) is 7.86. The maximum absolute atomic E-state index is 10.8. The molecule has 0 bridgehead atoms. The fourth-order valence-corrected chi connectivity index (χ4v) is 3.85. The van der Waals surface area contributed by atoms with Crippen molar-refractivity contribution in [3.8, 4) is 11.1 Å². The van der Waals surface area contributed by atoms with E-state index < -0.39 is 18.2 Å². The van der Waals surface area contributed by atoms with Crippen molar-refractivity contribution >= 4 is 22.9 Å². The van der Waals surface area contributed by atoms with Gasteiger partial charge in [0.05, 0.1) is 29.8 Å². The van der Waals surface area contributed by atoms with Crippen LogP contribution in [0.5, 0.6) is 0 Å².